The van der Waals surface area contributed by atoms with E-state index in [0.717, 1.165) is 6.92 Å². The van der Waals surface area contributed by atoms with Crippen molar-refractivity contribution in [1.29, 1.82) is 0 Å². The number of carbonyl (C=O) groups is 4. The molecule has 0 radical (unpaired) electrons. The first-order valence-electron chi connectivity index (χ1n) is 7.51. The lowest BCUT2D eigenvalue weighted by Crippen LogP contribution is -2.58. The van der Waals surface area contributed by atoms with Crippen LogP contribution in [0.25, 0.3) is 0 Å². The van der Waals surface area contributed by atoms with Crippen LogP contribution in [0.5, 0.6) is 0 Å². The van der Waals surface area contributed by atoms with Crippen LogP contribution in [0.1, 0.15) is 39.0 Å². The predicted molar refractivity (Wildman–Crippen MR) is 84.5 cm³/mol. The van der Waals surface area contributed by atoms with E-state index in [1.165, 1.54) is 0 Å². The highest BCUT2D eigenvalue weighted by Gasteiger charge is 2.41. The molecule has 0 heterocycles. The fourth-order valence-electron chi connectivity index (χ4n) is 1.92. The van der Waals surface area contributed by atoms with Crippen molar-refractivity contribution in [2.45, 2.75) is 49.8 Å². The van der Waals surface area contributed by atoms with Gasteiger partial charge in [-0.05, 0) is 30.8 Å². The second-order valence-electron chi connectivity index (χ2n) is 5.49. The van der Waals surface area contributed by atoms with Crippen molar-refractivity contribution in [3.05, 3.63) is 0 Å². The topological polar surface area (TPSA) is 170 Å². The molecule has 3 N–H and O–H groups in total. The zero-order chi connectivity index (χ0) is 19.5. The summed E-state index contributed by atoms with van der Waals surface area (Å²) < 4.78 is 26.0. The lowest BCUT2D eigenvalue weighted by atomic mass is 10.0. The SMILES string of the molecule is C[C@](COC(=O)CCCCC(=O)O)([C@@H](NCCC=O)C(=O)O)S(=O)[O-]. The Labute approximate surface area is 147 Å². The molecule has 3 atom stereocenters. The van der Waals surface area contributed by atoms with E-state index in [-0.39, 0.29) is 38.6 Å². The molecule has 0 aliphatic rings. The third-order valence-corrected chi connectivity index (χ3v) is 4.51. The Morgan fingerprint density at radius 3 is 2.36 bits per heavy atom. The highest BCUT2D eigenvalue weighted by atomic mass is 32.2. The summed E-state index contributed by atoms with van der Waals surface area (Å²) in [5, 5.41) is 20.2. The second-order valence-corrected chi connectivity index (χ2v) is 6.89. The summed E-state index contributed by atoms with van der Waals surface area (Å²) in [6.45, 7) is 0.378. The number of esters is 1. The summed E-state index contributed by atoms with van der Waals surface area (Å²) in [7, 11) is 0. The minimum Gasteiger partial charge on any atom is -0.772 e. The monoisotopic (exact) mass is 380 g/mol. The molecule has 0 spiro atoms. The minimum atomic E-state index is -2.89. The summed E-state index contributed by atoms with van der Waals surface area (Å²) >= 11 is -2.89. The lowest BCUT2D eigenvalue weighted by Gasteiger charge is -2.36. The van der Waals surface area contributed by atoms with Crippen molar-refractivity contribution < 1.29 is 42.9 Å². The van der Waals surface area contributed by atoms with Crippen LogP contribution in [-0.4, -0.2) is 67.1 Å². The number of carboxylic acid groups (broad SMARTS) is 2. The molecule has 0 aromatic carbocycles. The molecule has 10 nitrogen and oxygen atoms in total. The largest absolute Gasteiger partial charge is 0.772 e. The fraction of sp³-hybridized carbons (Fsp3) is 0.714. The van der Waals surface area contributed by atoms with E-state index in [9.17, 15) is 33.0 Å². The summed E-state index contributed by atoms with van der Waals surface area (Å²) in [4.78, 5) is 43.6. The molecular formula is C14H22NO9S-. The number of hydrogen-bond donors (Lipinski definition) is 3. The Morgan fingerprint density at radius 1 is 1.28 bits per heavy atom. The first-order valence-corrected chi connectivity index (χ1v) is 8.59. The first kappa shape index (κ1) is 23.1. The van der Waals surface area contributed by atoms with Gasteiger partial charge in [0.25, 0.3) is 0 Å². The van der Waals surface area contributed by atoms with Crippen LogP contribution in [0.2, 0.25) is 0 Å². The number of aldehydes is 1. The Kier molecular flexibility index (Phi) is 10.8. The molecule has 0 aliphatic heterocycles. The molecule has 0 saturated carbocycles. The smallest absolute Gasteiger partial charge is 0.322 e. The number of aliphatic carboxylic acids is 2. The molecule has 1 unspecified atom stereocenters. The number of carbonyl (C=O) groups excluding carboxylic acids is 2. The summed E-state index contributed by atoms with van der Waals surface area (Å²) in [5.74, 6) is -3.21. The van der Waals surface area contributed by atoms with Gasteiger partial charge in [-0.1, -0.05) is 0 Å². The van der Waals surface area contributed by atoms with E-state index in [1.807, 2.05) is 0 Å². The van der Waals surface area contributed by atoms with Crippen molar-refractivity contribution in [3.63, 3.8) is 0 Å². The van der Waals surface area contributed by atoms with Crippen molar-refractivity contribution >= 4 is 35.3 Å². The van der Waals surface area contributed by atoms with E-state index >= 15 is 0 Å². The molecule has 25 heavy (non-hydrogen) atoms. The van der Waals surface area contributed by atoms with Crippen LogP contribution >= 0.6 is 0 Å². The number of carboxylic acids is 2. The van der Waals surface area contributed by atoms with E-state index in [2.05, 4.69) is 5.32 Å². The van der Waals surface area contributed by atoms with Gasteiger partial charge in [-0.25, -0.2) is 0 Å². The van der Waals surface area contributed by atoms with E-state index < -0.39 is 46.4 Å². The van der Waals surface area contributed by atoms with E-state index in [0.29, 0.717) is 6.29 Å². The number of hydrogen-bond acceptors (Lipinski definition) is 8. The summed E-state index contributed by atoms with van der Waals surface area (Å²) in [6, 6.07) is -1.58. The lowest BCUT2D eigenvalue weighted by molar-refractivity contribution is -0.148. The minimum absolute atomic E-state index is 0.00524. The maximum Gasteiger partial charge on any atom is 0.322 e. The van der Waals surface area contributed by atoms with Crippen LogP contribution in [0, 0.1) is 0 Å². The molecule has 144 valence electrons. The maximum atomic E-state index is 11.6. The van der Waals surface area contributed by atoms with Gasteiger partial charge in [0.05, 0.1) is 4.75 Å². The number of nitrogens with one attached hydrogen (secondary N) is 1. The zero-order valence-corrected chi connectivity index (χ0v) is 14.6. The zero-order valence-electron chi connectivity index (χ0n) is 13.8. The van der Waals surface area contributed by atoms with Gasteiger partial charge in [-0.15, -0.1) is 0 Å². The Morgan fingerprint density at radius 2 is 1.88 bits per heavy atom. The molecule has 0 rings (SSSR count). The summed E-state index contributed by atoms with van der Waals surface area (Å²) in [6.07, 6.45) is 0.855. The second kappa shape index (κ2) is 11.7. The number of unbranched alkanes of at least 4 members (excludes halogenated alkanes) is 1. The van der Waals surface area contributed by atoms with Gasteiger partial charge in [0, 0.05) is 25.8 Å². The van der Waals surface area contributed by atoms with Crippen LogP contribution in [-0.2, 0) is 35.0 Å². The molecule has 0 saturated heterocycles. The van der Waals surface area contributed by atoms with Gasteiger partial charge in [-0.2, -0.15) is 0 Å². The number of ether oxygens (including phenoxy) is 1. The van der Waals surface area contributed by atoms with Crippen LogP contribution in [0.4, 0.5) is 0 Å². The van der Waals surface area contributed by atoms with Crippen LogP contribution < -0.4 is 5.32 Å². The quantitative estimate of drug-likeness (QED) is 0.154. The molecule has 0 aromatic rings. The van der Waals surface area contributed by atoms with Crippen molar-refractivity contribution in [2.75, 3.05) is 13.2 Å². The van der Waals surface area contributed by atoms with E-state index in [1.54, 1.807) is 0 Å². The third kappa shape index (κ3) is 8.70. The van der Waals surface area contributed by atoms with Gasteiger partial charge in [-0.3, -0.25) is 18.6 Å². The van der Waals surface area contributed by atoms with Crippen molar-refractivity contribution in [2.24, 2.45) is 0 Å². The molecule has 0 bridgehead atoms. The average molecular weight is 380 g/mol. The van der Waals surface area contributed by atoms with Gasteiger partial charge in [0.15, 0.2) is 0 Å². The Balaban J connectivity index is 4.74. The standard InChI is InChI=1S/C14H23NO9S/c1-14(25(22)23,12(13(20)21)15-7-4-8-16)9-24-11(19)6-3-2-5-10(17)18/h8,12,15H,2-7,9H2,1H3,(H,17,18)(H,20,21)(H,22,23)/p-1/t12-,14-/m0/s1. The molecule has 11 heteroatoms. The summed E-state index contributed by atoms with van der Waals surface area (Å²) in [5.41, 5.74) is 0. The van der Waals surface area contributed by atoms with Crippen molar-refractivity contribution in [1.82, 2.24) is 5.32 Å². The van der Waals surface area contributed by atoms with Gasteiger partial charge in [0.1, 0.15) is 18.9 Å². The van der Waals surface area contributed by atoms with Crippen LogP contribution in [0.3, 0.4) is 0 Å². The average Bonchev–Trinajstić information content (AvgIpc) is 2.52. The van der Waals surface area contributed by atoms with Gasteiger partial charge >= 0.3 is 17.9 Å². The molecule has 0 aliphatic carbocycles. The van der Waals surface area contributed by atoms with Gasteiger partial charge < -0.3 is 29.6 Å². The Bertz CT molecular complexity index is 511. The highest BCUT2D eigenvalue weighted by Crippen LogP contribution is 2.20. The molecule has 0 amide bonds. The first-order chi connectivity index (χ1) is 11.6. The fourth-order valence-corrected chi connectivity index (χ4v) is 2.45. The van der Waals surface area contributed by atoms with E-state index in [4.69, 9.17) is 9.84 Å². The maximum absolute atomic E-state index is 11.6. The molecule has 0 fully saturated rings. The van der Waals surface area contributed by atoms with Gasteiger partial charge in [0.2, 0.25) is 0 Å². The third-order valence-electron chi connectivity index (χ3n) is 3.39. The number of rotatable bonds is 14. The molecular weight excluding hydrogens is 358 g/mol. The predicted octanol–water partition coefficient (Wildman–Crippen LogP) is -0.556. The normalized spacial score (nSPS) is 15.6. The molecule has 0 aromatic heterocycles. The van der Waals surface area contributed by atoms with Crippen molar-refractivity contribution in [3.8, 4) is 0 Å². The highest BCUT2D eigenvalue weighted by molar-refractivity contribution is 7.80. The Hall–Kier alpha value is -1.85. The van der Waals surface area contributed by atoms with Crippen LogP contribution in [0.15, 0.2) is 0 Å².